The first-order valence-electron chi connectivity index (χ1n) is 6.36. The number of hydrogen-bond acceptors (Lipinski definition) is 2. The smallest absolute Gasteiger partial charge is 0.129 e. The summed E-state index contributed by atoms with van der Waals surface area (Å²) < 4.78 is 0. The van der Waals surface area contributed by atoms with Crippen molar-refractivity contribution in [3.63, 3.8) is 0 Å². The zero-order valence-electron chi connectivity index (χ0n) is 10.5. The molecule has 0 aromatic heterocycles. The lowest BCUT2D eigenvalue weighted by Crippen LogP contribution is -2.44. The molecule has 0 radical (unpaired) electrons. The van der Waals surface area contributed by atoms with Gasteiger partial charge >= 0.3 is 0 Å². The Bertz CT molecular complexity index is 193. The van der Waals surface area contributed by atoms with E-state index in [0.29, 0.717) is 5.78 Å². The molecule has 2 heteroatoms. The van der Waals surface area contributed by atoms with Crippen LogP contribution in [0.3, 0.4) is 0 Å². The van der Waals surface area contributed by atoms with E-state index in [1.165, 1.54) is 32.2 Å². The van der Waals surface area contributed by atoms with Gasteiger partial charge in [-0.3, -0.25) is 4.90 Å². The molecule has 2 atom stereocenters. The van der Waals surface area contributed by atoms with Gasteiger partial charge in [-0.1, -0.05) is 6.42 Å². The molecular formula is C13H25NO. The van der Waals surface area contributed by atoms with Crippen LogP contribution >= 0.6 is 0 Å². The van der Waals surface area contributed by atoms with E-state index in [0.717, 1.165) is 24.9 Å². The van der Waals surface area contributed by atoms with Gasteiger partial charge in [-0.15, -0.1) is 0 Å². The van der Waals surface area contributed by atoms with Crippen molar-refractivity contribution in [3.8, 4) is 0 Å². The van der Waals surface area contributed by atoms with Gasteiger partial charge in [-0.25, -0.2) is 0 Å². The third kappa shape index (κ3) is 4.33. The van der Waals surface area contributed by atoms with Crippen LogP contribution in [0.15, 0.2) is 0 Å². The van der Waals surface area contributed by atoms with Crippen LogP contribution < -0.4 is 0 Å². The normalized spacial score (nSPS) is 27.9. The number of hydrogen-bond donors (Lipinski definition) is 0. The predicted molar refractivity (Wildman–Crippen MR) is 64.0 cm³/mol. The Morgan fingerprint density at radius 3 is 2.33 bits per heavy atom. The highest BCUT2D eigenvalue weighted by molar-refractivity contribution is 5.75. The topological polar surface area (TPSA) is 20.3 Å². The second-order valence-electron chi connectivity index (χ2n) is 5.03. The zero-order valence-corrected chi connectivity index (χ0v) is 10.5. The SMILES string of the molecule is CC(=O)CCCCN1C(C)CCCC1C. The lowest BCUT2D eigenvalue weighted by Gasteiger charge is -2.39. The molecule has 0 bridgehead atoms. The van der Waals surface area contributed by atoms with E-state index in [1.807, 2.05) is 0 Å². The van der Waals surface area contributed by atoms with Gasteiger partial charge < -0.3 is 4.79 Å². The van der Waals surface area contributed by atoms with E-state index in [9.17, 15) is 4.79 Å². The van der Waals surface area contributed by atoms with Crippen LogP contribution in [0.1, 0.15) is 59.3 Å². The highest BCUT2D eigenvalue weighted by Crippen LogP contribution is 2.22. The third-order valence-electron chi connectivity index (χ3n) is 3.57. The second kappa shape index (κ2) is 6.26. The summed E-state index contributed by atoms with van der Waals surface area (Å²) in [6, 6.07) is 1.48. The van der Waals surface area contributed by atoms with Crippen molar-refractivity contribution in [2.45, 2.75) is 71.4 Å². The maximum atomic E-state index is 10.8. The van der Waals surface area contributed by atoms with Gasteiger partial charge in [0.2, 0.25) is 0 Å². The molecule has 2 unspecified atom stereocenters. The van der Waals surface area contributed by atoms with Crippen molar-refractivity contribution in [1.82, 2.24) is 4.90 Å². The van der Waals surface area contributed by atoms with Gasteiger partial charge in [0.15, 0.2) is 0 Å². The molecular weight excluding hydrogens is 186 g/mol. The molecule has 2 nitrogen and oxygen atoms in total. The Kier molecular flexibility index (Phi) is 5.30. The van der Waals surface area contributed by atoms with E-state index in [1.54, 1.807) is 6.92 Å². The number of piperidine rings is 1. The molecule has 1 aliphatic rings. The average Bonchev–Trinajstić information content (AvgIpc) is 2.15. The molecule has 0 spiro atoms. The monoisotopic (exact) mass is 211 g/mol. The van der Waals surface area contributed by atoms with Gasteiger partial charge in [0.1, 0.15) is 5.78 Å². The van der Waals surface area contributed by atoms with E-state index in [4.69, 9.17) is 0 Å². The van der Waals surface area contributed by atoms with Crippen LogP contribution in [0, 0.1) is 0 Å². The summed E-state index contributed by atoms with van der Waals surface area (Å²) in [7, 11) is 0. The molecule has 1 saturated heterocycles. The van der Waals surface area contributed by atoms with Gasteiger partial charge in [-0.2, -0.15) is 0 Å². The molecule has 0 saturated carbocycles. The first-order chi connectivity index (χ1) is 7.11. The molecule has 15 heavy (non-hydrogen) atoms. The van der Waals surface area contributed by atoms with Crippen LogP contribution in [0.25, 0.3) is 0 Å². The summed E-state index contributed by atoms with van der Waals surface area (Å²) in [6.45, 7) is 7.53. The second-order valence-corrected chi connectivity index (χ2v) is 5.03. The lowest BCUT2D eigenvalue weighted by molar-refractivity contribution is -0.117. The maximum Gasteiger partial charge on any atom is 0.129 e. The van der Waals surface area contributed by atoms with E-state index >= 15 is 0 Å². The molecule has 0 aliphatic carbocycles. The van der Waals surface area contributed by atoms with E-state index in [2.05, 4.69) is 18.7 Å². The summed E-state index contributed by atoms with van der Waals surface area (Å²) in [5.74, 6) is 0.328. The first kappa shape index (κ1) is 12.7. The minimum absolute atomic E-state index is 0.328. The summed E-state index contributed by atoms with van der Waals surface area (Å²) in [6.07, 6.45) is 7.07. The molecule has 88 valence electrons. The van der Waals surface area contributed by atoms with Gasteiger partial charge in [0, 0.05) is 18.5 Å². The molecule has 1 heterocycles. The van der Waals surface area contributed by atoms with Crippen LogP contribution in [0.2, 0.25) is 0 Å². The van der Waals surface area contributed by atoms with Crippen LogP contribution in [0.5, 0.6) is 0 Å². The Hall–Kier alpha value is -0.370. The Morgan fingerprint density at radius 2 is 1.80 bits per heavy atom. The largest absolute Gasteiger partial charge is 0.300 e. The minimum atomic E-state index is 0.328. The standard InChI is InChI=1S/C13H25NO/c1-11-7-6-8-12(2)14(11)10-5-4-9-13(3)15/h11-12H,4-10H2,1-3H3. The van der Waals surface area contributed by atoms with Crippen molar-refractivity contribution >= 4 is 5.78 Å². The number of Topliss-reactive ketones (excluding diaryl/α,β-unsaturated/α-hetero) is 1. The first-order valence-corrected chi connectivity index (χ1v) is 6.36. The minimum Gasteiger partial charge on any atom is -0.300 e. The van der Waals surface area contributed by atoms with Crippen LogP contribution in [-0.2, 0) is 4.79 Å². The molecule has 0 aromatic carbocycles. The zero-order chi connectivity index (χ0) is 11.3. The quantitative estimate of drug-likeness (QED) is 0.652. The molecule has 0 amide bonds. The predicted octanol–water partition coefficient (Wildman–Crippen LogP) is 3.01. The molecule has 1 fully saturated rings. The van der Waals surface area contributed by atoms with Crippen molar-refractivity contribution in [2.75, 3.05) is 6.54 Å². The molecule has 1 aliphatic heterocycles. The number of likely N-dealkylation sites (tertiary alicyclic amines) is 1. The number of nitrogens with zero attached hydrogens (tertiary/aromatic N) is 1. The summed E-state index contributed by atoms with van der Waals surface area (Å²) in [5.41, 5.74) is 0. The Labute approximate surface area is 94.0 Å². The Morgan fingerprint density at radius 1 is 1.20 bits per heavy atom. The number of unbranched alkanes of at least 4 members (excludes halogenated alkanes) is 1. The molecule has 1 rings (SSSR count). The Balaban J connectivity index is 2.20. The fourth-order valence-corrected chi connectivity index (χ4v) is 2.58. The highest BCUT2D eigenvalue weighted by Gasteiger charge is 2.23. The van der Waals surface area contributed by atoms with Crippen molar-refractivity contribution in [2.24, 2.45) is 0 Å². The summed E-state index contributed by atoms with van der Waals surface area (Å²) in [4.78, 5) is 13.4. The fourth-order valence-electron chi connectivity index (χ4n) is 2.58. The highest BCUT2D eigenvalue weighted by atomic mass is 16.1. The number of carbonyl (C=O) groups excluding carboxylic acids is 1. The maximum absolute atomic E-state index is 10.8. The van der Waals surface area contributed by atoms with Gasteiger partial charge in [0.25, 0.3) is 0 Å². The van der Waals surface area contributed by atoms with E-state index < -0.39 is 0 Å². The number of rotatable bonds is 5. The lowest BCUT2D eigenvalue weighted by atomic mass is 9.97. The van der Waals surface area contributed by atoms with E-state index in [-0.39, 0.29) is 0 Å². The van der Waals surface area contributed by atoms with Crippen molar-refractivity contribution < 1.29 is 4.79 Å². The van der Waals surface area contributed by atoms with Gasteiger partial charge in [0.05, 0.1) is 0 Å². The number of ketones is 1. The summed E-state index contributed by atoms with van der Waals surface area (Å²) >= 11 is 0. The number of carbonyl (C=O) groups is 1. The van der Waals surface area contributed by atoms with Crippen LogP contribution in [0.4, 0.5) is 0 Å². The van der Waals surface area contributed by atoms with Crippen molar-refractivity contribution in [3.05, 3.63) is 0 Å². The molecule has 0 aromatic rings. The fraction of sp³-hybridized carbons (Fsp3) is 0.923. The van der Waals surface area contributed by atoms with Gasteiger partial charge in [-0.05, 0) is 53.0 Å². The average molecular weight is 211 g/mol. The summed E-state index contributed by atoms with van der Waals surface area (Å²) in [5, 5.41) is 0. The van der Waals surface area contributed by atoms with Crippen LogP contribution in [-0.4, -0.2) is 29.3 Å². The molecule has 0 N–H and O–H groups in total. The third-order valence-corrected chi connectivity index (χ3v) is 3.57. The van der Waals surface area contributed by atoms with Crippen molar-refractivity contribution in [1.29, 1.82) is 0 Å².